The van der Waals surface area contributed by atoms with Crippen molar-refractivity contribution in [1.82, 2.24) is 0 Å². The minimum absolute atomic E-state index is 0.151. The Bertz CT molecular complexity index is 395. The van der Waals surface area contributed by atoms with Crippen molar-refractivity contribution in [1.29, 1.82) is 0 Å². The van der Waals surface area contributed by atoms with E-state index in [4.69, 9.17) is 0 Å². The van der Waals surface area contributed by atoms with Gasteiger partial charge in [-0.25, -0.2) is 4.79 Å². The van der Waals surface area contributed by atoms with Crippen LogP contribution in [0.5, 0.6) is 0 Å². The molecule has 1 rings (SSSR count). The summed E-state index contributed by atoms with van der Waals surface area (Å²) in [6, 6.07) is 5.91. The van der Waals surface area contributed by atoms with E-state index in [2.05, 4.69) is 4.74 Å². The first-order valence-electron chi connectivity index (χ1n) is 4.45. The summed E-state index contributed by atoms with van der Waals surface area (Å²) in [5.41, 5.74) is 0.517. The van der Waals surface area contributed by atoms with Crippen molar-refractivity contribution in [3.63, 3.8) is 0 Å². The number of benzene rings is 1. The standard InChI is InChI=1S/C11H10O4/c1-2-15-11(14)10(13)9-5-3-4-8(6-9)7-12/h3-7H,2H2,1H3. The fraction of sp³-hybridized carbons (Fsp3) is 0.182. The molecular weight excluding hydrogens is 196 g/mol. The van der Waals surface area contributed by atoms with Crippen LogP contribution in [-0.2, 0) is 9.53 Å². The molecule has 0 amide bonds. The van der Waals surface area contributed by atoms with Crippen LogP contribution in [0.25, 0.3) is 0 Å². The molecule has 78 valence electrons. The summed E-state index contributed by atoms with van der Waals surface area (Å²) in [6.07, 6.45) is 0.613. The van der Waals surface area contributed by atoms with Gasteiger partial charge in [-0.15, -0.1) is 0 Å². The number of ketones is 1. The molecule has 0 fully saturated rings. The SMILES string of the molecule is CCOC(=O)C(=O)c1cccc(C=O)c1. The Labute approximate surface area is 86.9 Å². The number of Topliss-reactive ketones (excluding diaryl/α,β-unsaturated/α-hetero) is 1. The smallest absolute Gasteiger partial charge is 0.379 e. The maximum absolute atomic E-state index is 11.4. The summed E-state index contributed by atoms with van der Waals surface area (Å²) in [7, 11) is 0. The van der Waals surface area contributed by atoms with Gasteiger partial charge in [-0.2, -0.15) is 0 Å². The molecule has 0 saturated heterocycles. The monoisotopic (exact) mass is 206 g/mol. The highest BCUT2D eigenvalue weighted by atomic mass is 16.5. The van der Waals surface area contributed by atoms with Crippen LogP contribution < -0.4 is 0 Å². The van der Waals surface area contributed by atoms with Gasteiger partial charge in [0.2, 0.25) is 0 Å². The van der Waals surface area contributed by atoms with Gasteiger partial charge in [0.25, 0.3) is 5.78 Å². The molecule has 0 bridgehead atoms. The molecule has 0 spiro atoms. The molecule has 0 aliphatic heterocycles. The predicted octanol–water partition coefficient (Wildman–Crippen LogP) is 1.24. The third-order valence-electron chi connectivity index (χ3n) is 1.75. The fourth-order valence-electron chi connectivity index (χ4n) is 1.07. The van der Waals surface area contributed by atoms with Gasteiger partial charge in [0.05, 0.1) is 6.61 Å². The van der Waals surface area contributed by atoms with Crippen LogP contribution in [0.3, 0.4) is 0 Å². The summed E-state index contributed by atoms with van der Waals surface area (Å²) >= 11 is 0. The summed E-state index contributed by atoms with van der Waals surface area (Å²) in [6.45, 7) is 1.77. The molecule has 0 aliphatic carbocycles. The maximum Gasteiger partial charge on any atom is 0.379 e. The number of carbonyl (C=O) groups is 3. The van der Waals surface area contributed by atoms with Gasteiger partial charge in [-0.1, -0.05) is 18.2 Å². The Hall–Kier alpha value is -1.97. The minimum Gasteiger partial charge on any atom is -0.460 e. The quantitative estimate of drug-likeness (QED) is 0.322. The maximum atomic E-state index is 11.4. The van der Waals surface area contributed by atoms with Crippen LogP contribution >= 0.6 is 0 Å². The van der Waals surface area contributed by atoms with Gasteiger partial charge < -0.3 is 4.74 Å². The lowest BCUT2D eigenvalue weighted by Crippen LogP contribution is -2.17. The molecule has 0 heterocycles. The van der Waals surface area contributed by atoms with E-state index in [0.717, 1.165) is 0 Å². The van der Waals surface area contributed by atoms with E-state index in [1.165, 1.54) is 18.2 Å². The van der Waals surface area contributed by atoms with E-state index in [1.807, 2.05) is 0 Å². The number of hydrogen-bond acceptors (Lipinski definition) is 4. The van der Waals surface area contributed by atoms with Crippen molar-refractivity contribution in [3.8, 4) is 0 Å². The van der Waals surface area contributed by atoms with Gasteiger partial charge in [0.1, 0.15) is 6.29 Å². The summed E-state index contributed by atoms with van der Waals surface area (Å²) in [5, 5.41) is 0. The first-order chi connectivity index (χ1) is 7.19. The zero-order valence-electron chi connectivity index (χ0n) is 8.23. The van der Waals surface area contributed by atoms with Crippen LogP contribution in [0.1, 0.15) is 27.6 Å². The predicted molar refractivity (Wildman–Crippen MR) is 52.8 cm³/mol. The Morgan fingerprint density at radius 2 is 2.13 bits per heavy atom. The first-order valence-corrected chi connectivity index (χ1v) is 4.45. The second-order valence-corrected chi connectivity index (χ2v) is 2.79. The Kier molecular flexibility index (Phi) is 3.74. The average molecular weight is 206 g/mol. The van der Waals surface area contributed by atoms with Gasteiger partial charge in [-0.3, -0.25) is 9.59 Å². The van der Waals surface area contributed by atoms with Crippen LogP contribution in [0.4, 0.5) is 0 Å². The van der Waals surface area contributed by atoms with Gasteiger partial charge >= 0.3 is 5.97 Å². The van der Waals surface area contributed by atoms with E-state index in [-0.39, 0.29) is 12.2 Å². The molecule has 0 atom stereocenters. The molecular formula is C11H10O4. The number of carbonyl (C=O) groups excluding carboxylic acids is 3. The topological polar surface area (TPSA) is 60.4 Å². The number of hydrogen-bond donors (Lipinski definition) is 0. The molecule has 0 aromatic heterocycles. The van der Waals surface area contributed by atoms with E-state index in [9.17, 15) is 14.4 Å². The van der Waals surface area contributed by atoms with Crippen molar-refractivity contribution in [2.75, 3.05) is 6.61 Å². The molecule has 4 nitrogen and oxygen atoms in total. The van der Waals surface area contributed by atoms with E-state index >= 15 is 0 Å². The third-order valence-corrected chi connectivity index (χ3v) is 1.75. The van der Waals surface area contributed by atoms with Gasteiger partial charge in [-0.05, 0) is 13.0 Å². The Balaban J connectivity index is 2.90. The summed E-state index contributed by atoms with van der Waals surface area (Å²) < 4.78 is 4.55. The van der Waals surface area contributed by atoms with E-state index < -0.39 is 11.8 Å². The fourth-order valence-corrected chi connectivity index (χ4v) is 1.07. The Morgan fingerprint density at radius 3 is 2.73 bits per heavy atom. The van der Waals surface area contributed by atoms with Crippen LogP contribution in [-0.4, -0.2) is 24.6 Å². The normalized spacial score (nSPS) is 9.40. The average Bonchev–Trinajstić information content (AvgIpc) is 2.28. The van der Waals surface area contributed by atoms with Crippen molar-refractivity contribution >= 4 is 18.0 Å². The van der Waals surface area contributed by atoms with E-state index in [0.29, 0.717) is 11.8 Å². The van der Waals surface area contributed by atoms with Crippen molar-refractivity contribution < 1.29 is 19.1 Å². The van der Waals surface area contributed by atoms with Crippen LogP contribution in [0.15, 0.2) is 24.3 Å². The molecule has 0 N–H and O–H groups in total. The van der Waals surface area contributed by atoms with Crippen molar-refractivity contribution in [2.24, 2.45) is 0 Å². The lowest BCUT2D eigenvalue weighted by atomic mass is 10.1. The first kappa shape index (κ1) is 11.1. The molecule has 0 aliphatic rings. The summed E-state index contributed by atoms with van der Waals surface area (Å²) in [4.78, 5) is 32.9. The number of rotatable bonds is 4. The molecule has 0 unspecified atom stereocenters. The van der Waals surface area contributed by atoms with Crippen LogP contribution in [0.2, 0.25) is 0 Å². The molecule has 0 saturated carbocycles. The van der Waals surface area contributed by atoms with Crippen molar-refractivity contribution in [2.45, 2.75) is 6.92 Å². The Morgan fingerprint density at radius 1 is 1.40 bits per heavy atom. The highest BCUT2D eigenvalue weighted by Gasteiger charge is 2.17. The lowest BCUT2D eigenvalue weighted by Gasteiger charge is -2.00. The third kappa shape index (κ3) is 2.74. The lowest BCUT2D eigenvalue weighted by molar-refractivity contribution is -0.137. The van der Waals surface area contributed by atoms with Crippen molar-refractivity contribution in [3.05, 3.63) is 35.4 Å². The summed E-state index contributed by atoms with van der Waals surface area (Å²) in [5.74, 6) is -1.64. The molecule has 0 radical (unpaired) electrons. The molecule has 1 aromatic carbocycles. The molecule has 1 aromatic rings. The zero-order chi connectivity index (χ0) is 11.3. The minimum atomic E-state index is -0.902. The number of aldehydes is 1. The van der Waals surface area contributed by atoms with Gasteiger partial charge in [0.15, 0.2) is 0 Å². The largest absolute Gasteiger partial charge is 0.460 e. The second kappa shape index (κ2) is 5.05. The highest BCUT2D eigenvalue weighted by molar-refractivity contribution is 6.40. The highest BCUT2D eigenvalue weighted by Crippen LogP contribution is 2.05. The van der Waals surface area contributed by atoms with Gasteiger partial charge in [0, 0.05) is 11.1 Å². The van der Waals surface area contributed by atoms with Crippen LogP contribution in [0, 0.1) is 0 Å². The second-order valence-electron chi connectivity index (χ2n) is 2.79. The zero-order valence-corrected chi connectivity index (χ0v) is 8.23. The number of esters is 1. The molecule has 4 heteroatoms. The number of ether oxygens (including phenoxy) is 1. The van der Waals surface area contributed by atoms with E-state index in [1.54, 1.807) is 13.0 Å². The molecule has 15 heavy (non-hydrogen) atoms.